The van der Waals surface area contributed by atoms with Gasteiger partial charge in [-0.25, -0.2) is 0 Å². The topological polar surface area (TPSA) is 224 Å². The van der Waals surface area contributed by atoms with Gasteiger partial charge in [0.1, 0.15) is 6.61 Å². The molecule has 12 radical (unpaired) electrons. The molecule has 0 bridgehead atoms. The summed E-state index contributed by atoms with van der Waals surface area (Å²) in [5.41, 5.74) is 0. The van der Waals surface area contributed by atoms with Gasteiger partial charge in [0.25, 0.3) is 0 Å². The van der Waals surface area contributed by atoms with Crippen LogP contribution in [-0.2, 0) is 275 Å². The Labute approximate surface area is 580 Å². The van der Waals surface area contributed by atoms with Crippen LogP contribution >= 0.6 is 24.1 Å². The second kappa shape index (κ2) is 45.0. The molecule has 31 heteroatoms. The Morgan fingerprint density at radius 1 is 0.549 bits per heavy atom. The summed E-state index contributed by atoms with van der Waals surface area (Å²) in [6.07, 6.45) is 9.84. The number of aliphatic hydroxyl groups is 1. The zero-order valence-corrected chi connectivity index (χ0v) is 62.1. The monoisotopic (exact) mass is 1510 g/mol. The Morgan fingerprint density at radius 2 is 0.901 bits per heavy atom. The van der Waals surface area contributed by atoms with Crippen molar-refractivity contribution in [2.45, 2.75) is 170 Å². The van der Waals surface area contributed by atoms with Gasteiger partial charge in [0.05, 0.1) is 73.4 Å². The number of aliphatic hydroxyl groups excluding tert-OH is 1. The molecule has 1 N–H and O–H groups in total. The first-order chi connectivity index (χ1) is 30.8. The van der Waals surface area contributed by atoms with Crippen LogP contribution in [0.2, 0.25) is 0 Å². The van der Waals surface area contributed by atoms with E-state index in [2.05, 4.69) is 4.52 Å². The third-order valence-electron chi connectivity index (χ3n) is 10.6. The van der Waals surface area contributed by atoms with Crippen molar-refractivity contribution in [1.82, 2.24) is 0 Å². The second-order valence-corrected chi connectivity index (χ2v) is 19.3. The fourth-order valence-corrected chi connectivity index (χ4v) is 9.77. The van der Waals surface area contributed by atoms with Gasteiger partial charge < -0.3 is 61.7 Å². The van der Waals surface area contributed by atoms with Crippen LogP contribution in [0.3, 0.4) is 0 Å². The zero-order valence-electron chi connectivity index (χ0n) is 42.4. The molecule has 6 saturated heterocycles. The Kier molecular flexibility index (Phi) is 53.3. The summed E-state index contributed by atoms with van der Waals surface area (Å²) in [5.74, 6) is 0. The van der Waals surface area contributed by atoms with Crippen molar-refractivity contribution >= 4 is 47.6 Å². The predicted molar refractivity (Wildman–Crippen MR) is 238 cm³/mol. The Balaban J connectivity index is -0.000000428. The molecule has 0 aromatic heterocycles. The minimum Gasteiger partial charge on any atom is -0.566 e. The molecule has 6 fully saturated rings. The zero-order chi connectivity index (χ0) is 48.4. The maximum absolute atomic E-state index is 12.5. The number of hydrogen-bond acceptors (Lipinski definition) is 19. The van der Waals surface area contributed by atoms with E-state index >= 15 is 0 Å². The molecule has 6 rings (SSSR count). The van der Waals surface area contributed by atoms with Crippen LogP contribution in [0.15, 0.2) is 0 Å². The van der Waals surface area contributed by atoms with Crippen LogP contribution in [0.5, 0.6) is 0 Å². The van der Waals surface area contributed by atoms with Crippen molar-refractivity contribution in [3.05, 3.63) is 38.5 Å². The number of methoxy groups -OCH3 is 3. The third-order valence-corrected chi connectivity index (χ3v) is 13.1. The van der Waals surface area contributed by atoms with Gasteiger partial charge in [0.2, 0.25) is 0 Å². The molecule has 6 aliphatic rings. The standard InChI is InChI=1S/C14H24BO6P.C13H21BO6P.C7H13O3.C6H9BO4P.6Y/c1-5-10-12(7-14(15)20-10)21-22(4,16)18-8-13-11(17-3)6-9(2)19-13;1-4-9-11(6-13(14)19-9)20-21(15)17-7-12-10(16-3)5-8(2)18-12;1-5-3-6(9-2)7(4-8)10-5;1-2-4-5(11-12(8)9)3-6(7)10-4;;;;;;/h6-7,9-14H,5,8H2,1-4H3;5-6,8-13H,4,7H2,1-3H3;3,5-8H,4H2,1-2H3;3-6H,2H2,1H3;;;;;;/q-2;3*-1;;;;;;/t9-,10+,11?,12?,13+,14+,22?;8-,9+,10?,11?,12+,13+;5-,6?,7+;4-,5?,6-;;;;;;/m0001....../s1. The first kappa shape index (κ1) is 84.1. The molecule has 9 unspecified atom stereocenters. The van der Waals surface area contributed by atoms with Gasteiger partial charge in [0, 0.05) is 241 Å². The molecule has 388 valence electrons. The largest absolute Gasteiger partial charge is 0.695 e. The van der Waals surface area contributed by atoms with Gasteiger partial charge in [-0.3, -0.25) is 43.1 Å². The van der Waals surface area contributed by atoms with E-state index in [9.17, 15) is 18.6 Å². The Hall–Kier alpha value is 6.61. The van der Waals surface area contributed by atoms with Crippen molar-refractivity contribution in [3.63, 3.8) is 0 Å². The summed E-state index contributed by atoms with van der Waals surface area (Å²) in [6, 6.07) is -1.51. The number of ether oxygens (including phenoxy) is 9. The molecule has 0 aromatic carbocycles. The average Bonchev–Trinajstić information content (AvgIpc) is 4.12. The van der Waals surface area contributed by atoms with Crippen LogP contribution in [0.25, 0.3) is 0 Å². The summed E-state index contributed by atoms with van der Waals surface area (Å²) in [7, 11) is 13.3. The van der Waals surface area contributed by atoms with Crippen LogP contribution < -0.4 is 4.89 Å². The van der Waals surface area contributed by atoms with Crippen molar-refractivity contribution in [1.29, 1.82) is 0 Å². The molecule has 0 spiro atoms. The predicted octanol–water partition coefficient (Wildman–Crippen LogP) is 3.15. The molecule has 6 heterocycles. The smallest absolute Gasteiger partial charge is 0.566 e. The molecule has 21 atom stereocenters. The molecule has 0 aromatic rings. The maximum atomic E-state index is 12.5. The van der Waals surface area contributed by atoms with E-state index in [1.165, 1.54) is 6.66 Å². The van der Waals surface area contributed by atoms with Gasteiger partial charge in [0.15, 0.2) is 0 Å². The summed E-state index contributed by atoms with van der Waals surface area (Å²) in [4.78, 5) is 10.2. The number of rotatable bonds is 19. The van der Waals surface area contributed by atoms with E-state index in [0.29, 0.717) is 6.42 Å². The van der Waals surface area contributed by atoms with Crippen molar-refractivity contribution in [2.24, 2.45) is 0 Å². The molecule has 0 aliphatic carbocycles. The van der Waals surface area contributed by atoms with Gasteiger partial charge in [-0.1, -0.05) is 77.9 Å². The van der Waals surface area contributed by atoms with Crippen LogP contribution in [0.4, 0.5) is 0 Å². The van der Waals surface area contributed by atoms with Gasteiger partial charge in [-0.15, -0.1) is 9.05 Å². The molecular weight excluding hydrogens is 1440 g/mol. The summed E-state index contributed by atoms with van der Waals surface area (Å²) in [6.45, 7) is 13.3. The van der Waals surface area contributed by atoms with Crippen molar-refractivity contribution in [2.75, 3.05) is 47.8 Å². The average molecular weight is 1510 g/mol. The van der Waals surface area contributed by atoms with Gasteiger partial charge in [-0.2, -0.15) is 4.52 Å². The molecular formula is C40H67B3O19P3Y6-5. The van der Waals surface area contributed by atoms with E-state index in [4.69, 9.17) is 89.4 Å². The fourth-order valence-electron chi connectivity index (χ4n) is 7.50. The van der Waals surface area contributed by atoms with E-state index in [-0.39, 0.29) is 289 Å². The van der Waals surface area contributed by atoms with Crippen LogP contribution in [0, 0.1) is 38.5 Å². The normalized spacial score (nSPS) is 36.8. The van der Waals surface area contributed by atoms with E-state index in [1.807, 2.05) is 60.8 Å². The van der Waals surface area contributed by atoms with Crippen LogP contribution in [0.1, 0.15) is 60.8 Å². The molecule has 0 amide bonds. The second-order valence-electron chi connectivity index (χ2n) is 15.7. The first-order valence-electron chi connectivity index (χ1n) is 21.8. The van der Waals surface area contributed by atoms with Gasteiger partial charge >= 0.3 is 24.1 Å². The third kappa shape index (κ3) is 31.4. The molecule has 19 nitrogen and oxygen atoms in total. The fraction of sp³-hybridized carbons (Fsp3) is 0.850. The Morgan fingerprint density at radius 3 is 1.27 bits per heavy atom. The molecule has 0 saturated carbocycles. The minimum absolute atomic E-state index is 0. The molecule has 6 aliphatic heterocycles. The first-order valence-corrected chi connectivity index (χ1v) is 25.9. The van der Waals surface area contributed by atoms with Crippen molar-refractivity contribution < 1.29 is 285 Å². The molecule has 71 heavy (non-hydrogen) atoms. The quantitative estimate of drug-likeness (QED) is 0.111. The van der Waals surface area contributed by atoms with E-state index < -0.39 is 60.4 Å². The SMILES string of the molecule is COC1[CH-][C@H](C)O[C@@H]1CO.[B][C@H]1[CH-]C(OP(C)(=O)OC[C@H]2O[C@@H](C)[CH-]C2OC)[C@@H](CC)O1.[B][C@H]1[CH-]C(O[P+](=O)OC[C@H]2O[C@@H](C)[CH-]C2OC)[C@@H](CC)O1.[B][C@H]1[CH-]C(O[P+](=O)[O-])[C@@H](CC)O1.[Y].[Y].[Y].[Y].[Y].[Y]. The van der Waals surface area contributed by atoms with Gasteiger partial charge in [-0.05, 0) is 48.2 Å². The van der Waals surface area contributed by atoms with Crippen LogP contribution in [-0.4, -0.2) is 186 Å². The Bertz CT molecular complexity index is 1450. The maximum Gasteiger partial charge on any atom is 0.695 e. The summed E-state index contributed by atoms with van der Waals surface area (Å²) >= 11 is 0. The van der Waals surface area contributed by atoms with E-state index in [0.717, 1.165) is 12.8 Å². The number of hydrogen-bond donors (Lipinski definition) is 1. The van der Waals surface area contributed by atoms with Crippen molar-refractivity contribution in [3.8, 4) is 0 Å². The summed E-state index contributed by atoms with van der Waals surface area (Å²) < 4.78 is 109. The minimum atomic E-state index is -3.24. The van der Waals surface area contributed by atoms with E-state index in [1.54, 1.807) is 40.6 Å². The summed E-state index contributed by atoms with van der Waals surface area (Å²) in [5, 5.41) is 8.76.